The summed E-state index contributed by atoms with van der Waals surface area (Å²) in [5.74, 6) is -2.05. The van der Waals surface area contributed by atoms with Crippen molar-refractivity contribution in [2.45, 2.75) is 6.18 Å². The first kappa shape index (κ1) is 20.3. The average molecular weight is 428 g/mol. The molecular formula is C16H11F3N4O5S. The van der Waals surface area contributed by atoms with Crippen LogP contribution in [0.2, 0.25) is 0 Å². The Balaban J connectivity index is 2.15. The quantitative estimate of drug-likeness (QED) is 0.639. The Morgan fingerprint density at radius 3 is 2.55 bits per heavy atom. The summed E-state index contributed by atoms with van der Waals surface area (Å²) in [6, 6.07) is 4.33. The summed E-state index contributed by atoms with van der Waals surface area (Å²) >= 11 is 0.920. The van der Waals surface area contributed by atoms with Gasteiger partial charge < -0.3 is 10.4 Å². The van der Waals surface area contributed by atoms with Crippen molar-refractivity contribution in [2.24, 2.45) is 7.05 Å². The number of hydrogen-bond donors (Lipinski definition) is 2. The molecule has 9 nitrogen and oxygen atoms in total. The van der Waals surface area contributed by atoms with E-state index in [4.69, 9.17) is 5.11 Å². The summed E-state index contributed by atoms with van der Waals surface area (Å²) in [6.45, 7) is -0.642. The van der Waals surface area contributed by atoms with Crippen LogP contribution in [0.4, 0.5) is 13.2 Å². The largest absolute Gasteiger partial charge is 0.480 e. The van der Waals surface area contributed by atoms with Gasteiger partial charge in [-0.3, -0.25) is 19.0 Å². The molecule has 2 heterocycles. The van der Waals surface area contributed by atoms with Gasteiger partial charge in [-0.05, 0) is 29.7 Å². The summed E-state index contributed by atoms with van der Waals surface area (Å²) in [6.07, 6.45) is -4.89. The number of halogens is 3. The smallest absolute Gasteiger partial charge is 0.431 e. The molecule has 0 bridgehead atoms. The number of nitrogens with one attached hydrogen (secondary N) is 1. The van der Waals surface area contributed by atoms with Crippen molar-refractivity contribution in [3.05, 3.63) is 56.5 Å². The summed E-state index contributed by atoms with van der Waals surface area (Å²) < 4.78 is 44.2. The van der Waals surface area contributed by atoms with Gasteiger partial charge in [-0.2, -0.15) is 17.5 Å². The van der Waals surface area contributed by atoms with Crippen LogP contribution in [-0.2, 0) is 18.0 Å². The number of carboxylic acids is 1. The van der Waals surface area contributed by atoms with E-state index >= 15 is 0 Å². The molecule has 0 fully saturated rings. The van der Waals surface area contributed by atoms with Crippen LogP contribution in [0, 0.1) is 0 Å². The highest BCUT2D eigenvalue weighted by molar-refractivity contribution is 7.13. The predicted molar refractivity (Wildman–Crippen MR) is 95.4 cm³/mol. The second-order valence-electron chi connectivity index (χ2n) is 5.83. The molecule has 0 unspecified atom stereocenters. The zero-order valence-corrected chi connectivity index (χ0v) is 15.3. The van der Waals surface area contributed by atoms with Gasteiger partial charge in [0.15, 0.2) is 0 Å². The zero-order chi connectivity index (χ0) is 21.5. The van der Waals surface area contributed by atoms with E-state index in [1.807, 2.05) is 0 Å². The number of rotatable bonds is 4. The highest BCUT2D eigenvalue weighted by atomic mass is 32.1. The first-order valence-electron chi connectivity index (χ1n) is 7.81. The van der Waals surface area contributed by atoms with Crippen LogP contribution in [0.3, 0.4) is 0 Å². The Hall–Kier alpha value is -3.48. The van der Waals surface area contributed by atoms with Crippen molar-refractivity contribution in [3.63, 3.8) is 0 Å². The number of nitrogens with zero attached hydrogens (tertiary/aromatic N) is 3. The zero-order valence-electron chi connectivity index (χ0n) is 14.5. The van der Waals surface area contributed by atoms with E-state index < -0.39 is 41.5 Å². The number of carbonyl (C=O) groups excluding carboxylic acids is 1. The maximum Gasteiger partial charge on any atom is 0.431 e. The number of aromatic nitrogens is 3. The molecule has 1 amide bonds. The Labute approximate surface area is 162 Å². The first-order chi connectivity index (χ1) is 13.5. The molecule has 0 atom stereocenters. The SMILES string of the molecule is Cn1c(C(F)(F)F)cc(=O)n(-c2ccc3snc(C(=O)NCC(=O)O)c3c2)c1=O. The number of aliphatic carboxylic acids is 1. The molecule has 152 valence electrons. The van der Waals surface area contributed by atoms with Crippen molar-refractivity contribution in [1.82, 2.24) is 18.8 Å². The van der Waals surface area contributed by atoms with E-state index in [0.717, 1.165) is 18.6 Å². The molecule has 2 N–H and O–H groups in total. The summed E-state index contributed by atoms with van der Waals surface area (Å²) in [7, 11) is 0.885. The number of alkyl halides is 3. The lowest BCUT2D eigenvalue weighted by molar-refractivity contribution is -0.144. The molecule has 1 aromatic carbocycles. The van der Waals surface area contributed by atoms with Gasteiger partial charge in [-0.15, -0.1) is 0 Å². The Morgan fingerprint density at radius 2 is 1.93 bits per heavy atom. The Morgan fingerprint density at radius 1 is 1.24 bits per heavy atom. The van der Waals surface area contributed by atoms with Gasteiger partial charge in [0.1, 0.15) is 17.9 Å². The van der Waals surface area contributed by atoms with Gasteiger partial charge in [-0.25, -0.2) is 9.36 Å². The number of fused-ring (bicyclic) bond motifs is 1. The number of carbonyl (C=O) groups is 2. The minimum absolute atomic E-state index is 0.0655. The van der Waals surface area contributed by atoms with Gasteiger partial charge in [-0.1, -0.05) is 0 Å². The molecule has 0 radical (unpaired) electrons. The van der Waals surface area contributed by atoms with Crippen LogP contribution in [-0.4, -0.2) is 37.0 Å². The minimum atomic E-state index is -4.89. The third-order valence-electron chi connectivity index (χ3n) is 3.94. The van der Waals surface area contributed by atoms with E-state index in [2.05, 4.69) is 9.69 Å². The van der Waals surface area contributed by atoms with Crippen LogP contribution in [0.1, 0.15) is 16.2 Å². The summed E-state index contributed by atoms with van der Waals surface area (Å²) in [5.41, 5.74) is -4.01. The van der Waals surface area contributed by atoms with Crippen LogP contribution in [0.15, 0.2) is 33.9 Å². The lowest BCUT2D eigenvalue weighted by atomic mass is 10.2. The maximum absolute atomic E-state index is 13.0. The van der Waals surface area contributed by atoms with Crippen molar-refractivity contribution in [2.75, 3.05) is 6.54 Å². The van der Waals surface area contributed by atoms with E-state index in [1.165, 1.54) is 18.2 Å². The molecule has 0 aliphatic rings. The number of amides is 1. The van der Waals surface area contributed by atoms with Crippen LogP contribution in [0.25, 0.3) is 15.8 Å². The van der Waals surface area contributed by atoms with Gasteiger partial charge in [0, 0.05) is 18.5 Å². The van der Waals surface area contributed by atoms with E-state index in [0.29, 0.717) is 19.9 Å². The van der Waals surface area contributed by atoms with Gasteiger partial charge in [0.2, 0.25) is 0 Å². The fourth-order valence-electron chi connectivity index (χ4n) is 2.60. The number of carboxylic acid groups (broad SMARTS) is 1. The Bertz CT molecular complexity index is 1260. The van der Waals surface area contributed by atoms with Crippen molar-refractivity contribution < 1.29 is 27.9 Å². The van der Waals surface area contributed by atoms with Gasteiger partial charge >= 0.3 is 17.8 Å². The summed E-state index contributed by atoms with van der Waals surface area (Å²) in [4.78, 5) is 47.3. The van der Waals surface area contributed by atoms with Crippen LogP contribution >= 0.6 is 11.5 Å². The molecule has 3 aromatic rings. The molecule has 0 aliphatic carbocycles. The molecule has 29 heavy (non-hydrogen) atoms. The van der Waals surface area contributed by atoms with Crippen molar-refractivity contribution >= 4 is 33.5 Å². The maximum atomic E-state index is 13.0. The molecular weight excluding hydrogens is 417 g/mol. The first-order valence-corrected chi connectivity index (χ1v) is 8.58. The standard InChI is InChI=1S/C16H11F3N4O5S/c1-22-10(16(17,18)19)5-11(24)23(15(22)28)7-2-3-9-8(4-7)13(21-29-9)14(27)20-6-12(25)26/h2-5H,6H2,1H3,(H,20,27)(H,25,26). The second-order valence-corrected chi connectivity index (χ2v) is 6.64. The Kier molecular flexibility index (Phi) is 5.00. The molecule has 0 spiro atoms. The lowest BCUT2D eigenvalue weighted by Crippen LogP contribution is -2.40. The third kappa shape index (κ3) is 3.76. The van der Waals surface area contributed by atoms with Crippen LogP contribution in [0.5, 0.6) is 0 Å². The molecule has 2 aromatic heterocycles. The fourth-order valence-corrected chi connectivity index (χ4v) is 3.36. The second kappa shape index (κ2) is 7.16. The minimum Gasteiger partial charge on any atom is -0.480 e. The number of hydrogen-bond acceptors (Lipinski definition) is 6. The highest BCUT2D eigenvalue weighted by Gasteiger charge is 2.35. The van der Waals surface area contributed by atoms with E-state index in [1.54, 1.807) is 0 Å². The molecule has 13 heteroatoms. The van der Waals surface area contributed by atoms with E-state index in [9.17, 15) is 32.3 Å². The molecule has 0 saturated heterocycles. The topological polar surface area (TPSA) is 123 Å². The van der Waals surface area contributed by atoms with E-state index in [-0.39, 0.29) is 16.8 Å². The lowest BCUT2D eigenvalue weighted by Gasteiger charge is -2.14. The highest BCUT2D eigenvalue weighted by Crippen LogP contribution is 2.28. The molecule has 0 saturated carbocycles. The van der Waals surface area contributed by atoms with Gasteiger partial charge in [0.25, 0.3) is 11.5 Å². The fraction of sp³-hybridized carbons (Fsp3) is 0.188. The molecule has 3 rings (SSSR count). The van der Waals surface area contributed by atoms with Crippen molar-refractivity contribution in [3.8, 4) is 5.69 Å². The van der Waals surface area contributed by atoms with Gasteiger partial charge in [0.05, 0.1) is 10.4 Å². The average Bonchev–Trinajstić information content (AvgIpc) is 3.05. The summed E-state index contributed by atoms with van der Waals surface area (Å²) in [5, 5.41) is 11.0. The number of benzene rings is 1. The van der Waals surface area contributed by atoms with Crippen LogP contribution < -0.4 is 16.6 Å². The molecule has 0 aliphatic heterocycles. The third-order valence-corrected chi connectivity index (χ3v) is 4.76. The predicted octanol–water partition coefficient (Wildman–Crippen LogP) is 0.979. The van der Waals surface area contributed by atoms with Crippen molar-refractivity contribution in [1.29, 1.82) is 0 Å². The monoisotopic (exact) mass is 428 g/mol. The normalized spacial score (nSPS) is 11.6.